The van der Waals surface area contributed by atoms with Crippen molar-refractivity contribution in [2.24, 2.45) is 0 Å². The number of hydrogen-bond acceptors (Lipinski definition) is 4. The van der Waals surface area contributed by atoms with Gasteiger partial charge in [-0.05, 0) is 11.6 Å². The SMILES string of the molecule is O=C(NCCSCc1ccccc1F)c1cnccn1. The van der Waals surface area contributed by atoms with Crippen molar-refractivity contribution in [3.63, 3.8) is 0 Å². The summed E-state index contributed by atoms with van der Waals surface area (Å²) < 4.78 is 13.4. The molecule has 104 valence electrons. The number of nitrogens with one attached hydrogen (secondary N) is 1. The lowest BCUT2D eigenvalue weighted by atomic mass is 10.2. The lowest BCUT2D eigenvalue weighted by Gasteiger charge is -2.05. The maximum atomic E-state index is 13.4. The van der Waals surface area contributed by atoms with E-state index in [2.05, 4.69) is 15.3 Å². The van der Waals surface area contributed by atoms with E-state index in [1.165, 1.54) is 24.7 Å². The summed E-state index contributed by atoms with van der Waals surface area (Å²) in [6.07, 6.45) is 4.41. The average Bonchev–Trinajstić information content (AvgIpc) is 2.49. The van der Waals surface area contributed by atoms with Crippen LogP contribution in [0.5, 0.6) is 0 Å². The second-order valence-electron chi connectivity index (χ2n) is 3.99. The zero-order chi connectivity index (χ0) is 14.2. The van der Waals surface area contributed by atoms with Crippen LogP contribution in [0.2, 0.25) is 0 Å². The number of carbonyl (C=O) groups excluding carboxylic acids is 1. The van der Waals surface area contributed by atoms with Crippen LogP contribution in [0.3, 0.4) is 0 Å². The van der Waals surface area contributed by atoms with Gasteiger partial charge in [0.15, 0.2) is 0 Å². The molecule has 1 N–H and O–H groups in total. The molecular formula is C14H14FN3OS. The molecule has 0 aliphatic carbocycles. The van der Waals surface area contributed by atoms with E-state index < -0.39 is 0 Å². The van der Waals surface area contributed by atoms with Crippen molar-refractivity contribution >= 4 is 17.7 Å². The molecule has 1 heterocycles. The fourth-order valence-corrected chi connectivity index (χ4v) is 2.39. The van der Waals surface area contributed by atoms with Gasteiger partial charge in [-0.15, -0.1) is 0 Å². The monoisotopic (exact) mass is 291 g/mol. The maximum Gasteiger partial charge on any atom is 0.271 e. The topological polar surface area (TPSA) is 54.9 Å². The molecule has 1 aromatic carbocycles. The summed E-state index contributed by atoms with van der Waals surface area (Å²) in [5.41, 5.74) is 0.976. The minimum atomic E-state index is -0.246. The predicted octanol–water partition coefficient (Wildman–Crippen LogP) is 2.28. The van der Waals surface area contributed by atoms with Crippen LogP contribution >= 0.6 is 11.8 Å². The van der Waals surface area contributed by atoms with E-state index in [4.69, 9.17) is 0 Å². The number of rotatable bonds is 6. The Morgan fingerprint density at radius 1 is 1.30 bits per heavy atom. The summed E-state index contributed by atoms with van der Waals surface area (Å²) in [4.78, 5) is 19.4. The van der Waals surface area contributed by atoms with Crippen molar-refractivity contribution in [1.29, 1.82) is 0 Å². The van der Waals surface area contributed by atoms with Gasteiger partial charge in [0.25, 0.3) is 5.91 Å². The van der Waals surface area contributed by atoms with Crippen LogP contribution in [0.1, 0.15) is 16.1 Å². The van der Waals surface area contributed by atoms with E-state index in [0.717, 1.165) is 0 Å². The molecule has 0 atom stereocenters. The van der Waals surface area contributed by atoms with Gasteiger partial charge in [0.1, 0.15) is 11.5 Å². The number of thioether (sulfide) groups is 1. The van der Waals surface area contributed by atoms with Gasteiger partial charge in [0.05, 0.1) is 6.20 Å². The second kappa shape index (κ2) is 7.59. The third kappa shape index (κ3) is 4.31. The first-order valence-corrected chi connectivity index (χ1v) is 7.28. The van der Waals surface area contributed by atoms with Crippen LogP contribution in [0.15, 0.2) is 42.9 Å². The highest BCUT2D eigenvalue weighted by Crippen LogP contribution is 2.14. The molecule has 1 aromatic heterocycles. The highest BCUT2D eigenvalue weighted by molar-refractivity contribution is 7.98. The van der Waals surface area contributed by atoms with Gasteiger partial charge in [-0.2, -0.15) is 11.8 Å². The average molecular weight is 291 g/mol. The van der Waals surface area contributed by atoms with Crippen LogP contribution in [-0.4, -0.2) is 28.2 Å². The minimum absolute atomic E-state index is 0.191. The quantitative estimate of drug-likeness (QED) is 0.830. The molecule has 4 nitrogen and oxygen atoms in total. The van der Waals surface area contributed by atoms with E-state index in [9.17, 15) is 9.18 Å². The Labute approximate surface area is 120 Å². The highest BCUT2D eigenvalue weighted by atomic mass is 32.2. The molecule has 0 aliphatic heterocycles. The van der Waals surface area contributed by atoms with Crippen molar-refractivity contribution in [3.05, 3.63) is 59.9 Å². The van der Waals surface area contributed by atoms with Crippen LogP contribution in [0.25, 0.3) is 0 Å². The number of nitrogens with zero attached hydrogens (tertiary/aromatic N) is 2. The fraction of sp³-hybridized carbons (Fsp3) is 0.214. The van der Waals surface area contributed by atoms with Gasteiger partial charge >= 0.3 is 0 Å². The van der Waals surface area contributed by atoms with E-state index in [-0.39, 0.29) is 11.7 Å². The van der Waals surface area contributed by atoms with Gasteiger partial charge in [-0.1, -0.05) is 18.2 Å². The molecule has 2 rings (SSSR count). The van der Waals surface area contributed by atoms with E-state index in [1.54, 1.807) is 23.9 Å². The summed E-state index contributed by atoms with van der Waals surface area (Å²) in [6, 6.07) is 6.70. The number of aromatic nitrogens is 2. The smallest absolute Gasteiger partial charge is 0.271 e. The highest BCUT2D eigenvalue weighted by Gasteiger charge is 2.05. The fourth-order valence-electron chi connectivity index (χ4n) is 1.54. The molecule has 0 unspecified atom stereocenters. The molecule has 0 saturated carbocycles. The number of benzene rings is 1. The molecule has 0 radical (unpaired) electrons. The maximum absolute atomic E-state index is 13.4. The summed E-state index contributed by atoms with van der Waals surface area (Å²) in [6.45, 7) is 0.508. The van der Waals surface area contributed by atoms with Crippen LogP contribution in [0, 0.1) is 5.82 Å². The number of amides is 1. The van der Waals surface area contributed by atoms with E-state index in [0.29, 0.717) is 29.3 Å². The Balaban J connectivity index is 1.67. The Morgan fingerprint density at radius 2 is 2.15 bits per heavy atom. The summed E-state index contributed by atoms with van der Waals surface area (Å²) >= 11 is 1.57. The molecule has 0 saturated heterocycles. The molecule has 0 spiro atoms. The molecule has 0 aliphatic rings. The van der Waals surface area contributed by atoms with Crippen LogP contribution in [0.4, 0.5) is 4.39 Å². The number of hydrogen-bond donors (Lipinski definition) is 1. The minimum Gasteiger partial charge on any atom is -0.350 e. The molecule has 6 heteroatoms. The number of halogens is 1. The third-order valence-corrected chi connectivity index (χ3v) is 3.55. The lowest BCUT2D eigenvalue weighted by Crippen LogP contribution is -2.26. The summed E-state index contributed by atoms with van der Waals surface area (Å²) in [5, 5.41) is 2.74. The van der Waals surface area contributed by atoms with Crippen molar-refractivity contribution in [2.75, 3.05) is 12.3 Å². The van der Waals surface area contributed by atoms with Gasteiger partial charge in [-0.3, -0.25) is 9.78 Å². The van der Waals surface area contributed by atoms with E-state index >= 15 is 0 Å². The summed E-state index contributed by atoms with van der Waals surface area (Å²) in [5.74, 6) is 0.863. The van der Waals surface area contributed by atoms with Gasteiger partial charge < -0.3 is 5.32 Å². The lowest BCUT2D eigenvalue weighted by molar-refractivity contribution is 0.0951. The standard InChI is InChI=1S/C14H14FN3OS/c15-12-4-2-1-3-11(12)10-20-8-7-18-14(19)13-9-16-5-6-17-13/h1-6,9H,7-8,10H2,(H,18,19). The van der Waals surface area contributed by atoms with Crippen molar-refractivity contribution < 1.29 is 9.18 Å². The Kier molecular flexibility index (Phi) is 5.49. The van der Waals surface area contributed by atoms with Gasteiger partial charge in [0, 0.05) is 30.4 Å². The molecule has 2 aromatic rings. The third-order valence-electron chi connectivity index (χ3n) is 2.54. The summed E-state index contributed by atoms with van der Waals surface area (Å²) in [7, 11) is 0. The first kappa shape index (κ1) is 14.5. The Morgan fingerprint density at radius 3 is 2.90 bits per heavy atom. The van der Waals surface area contributed by atoms with Crippen LogP contribution < -0.4 is 5.32 Å². The zero-order valence-electron chi connectivity index (χ0n) is 10.8. The Hall–Kier alpha value is -1.95. The second-order valence-corrected chi connectivity index (χ2v) is 5.10. The zero-order valence-corrected chi connectivity index (χ0v) is 11.6. The first-order valence-electron chi connectivity index (χ1n) is 6.13. The van der Waals surface area contributed by atoms with Crippen molar-refractivity contribution in [1.82, 2.24) is 15.3 Å². The molecular weight excluding hydrogens is 277 g/mol. The van der Waals surface area contributed by atoms with E-state index in [1.807, 2.05) is 6.07 Å². The van der Waals surface area contributed by atoms with Crippen molar-refractivity contribution in [3.8, 4) is 0 Å². The van der Waals surface area contributed by atoms with Gasteiger partial charge in [0.2, 0.25) is 0 Å². The predicted molar refractivity (Wildman–Crippen MR) is 76.9 cm³/mol. The largest absolute Gasteiger partial charge is 0.350 e. The molecule has 0 bridgehead atoms. The van der Waals surface area contributed by atoms with Gasteiger partial charge in [-0.25, -0.2) is 9.37 Å². The molecule has 20 heavy (non-hydrogen) atoms. The number of carbonyl (C=O) groups is 1. The first-order chi connectivity index (χ1) is 9.77. The normalized spacial score (nSPS) is 10.2. The Bertz CT molecular complexity index is 565. The van der Waals surface area contributed by atoms with Crippen LogP contribution in [-0.2, 0) is 5.75 Å². The molecule has 1 amide bonds. The molecule has 0 fully saturated rings. The van der Waals surface area contributed by atoms with Crippen molar-refractivity contribution in [2.45, 2.75) is 5.75 Å².